The summed E-state index contributed by atoms with van der Waals surface area (Å²) in [4.78, 5) is 14.3. The first-order chi connectivity index (χ1) is 12.0. The fraction of sp³-hybridized carbons (Fsp3) is 0.0952. The third-order valence-electron chi connectivity index (χ3n) is 4.19. The lowest BCUT2D eigenvalue weighted by Crippen LogP contribution is -2.27. The molecule has 0 saturated heterocycles. The first kappa shape index (κ1) is 16.8. The molecule has 0 aliphatic heterocycles. The van der Waals surface area contributed by atoms with Crippen molar-refractivity contribution in [2.24, 2.45) is 0 Å². The number of carbonyl (C=O) groups is 1. The molecule has 1 amide bonds. The molecule has 2 nitrogen and oxygen atoms in total. The SMILES string of the molecule is Cc1c(F)cc(F)cc1C(=O)N(C)c1ccccc1-c1ccccc1. The van der Waals surface area contributed by atoms with Crippen molar-refractivity contribution in [1.29, 1.82) is 0 Å². The molecule has 3 rings (SSSR count). The molecule has 3 aromatic carbocycles. The Bertz CT molecular complexity index is 922. The second-order valence-electron chi connectivity index (χ2n) is 5.81. The van der Waals surface area contributed by atoms with Gasteiger partial charge in [-0.1, -0.05) is 48.5 Å². The van der Waals surface area contributed by atoms with E-state index in [0.717, 1.165) is 23.3 Å². The smallest absolute Gasteiger partial charge is 0.258 e. The number of benzene rings is 3. The van der Waals surface area contributed by atoms with E-state index in [9.17, 15) is 13.6 Å². The van der Waals surface area contributed by atoms with Crippen molar-refractivity contribution in [2.75, 3.05) is 11.9 Å². The molecule has 0 radical (unpaired) electrons. The van der Waals surface area contributed by atoms with Gasteiger partial charge in [0.15, 0.2) is 0 Å². The summed E-state index contributed by atoms with van der Waals surface area (Å²) >= 11 is 0. The third-order valence-corrected chi connectivity index (χ3v) is 4.19. The van der Waals surface area contributed by atoms with Gasteiger partial charge in [-0.05, 0) is 30.2 Å². The zero-order valence-electron chi connectivity index (χ0n) is 14.0. The highest BCUT2D eigenvalue weighted by molar-refractivity contribution is 6.08. The topological polar surface area (TPSA) is 20.3 Å². The molecular formula is C21H17F2NO. The lowest BCUT2D eigenvalue weighted by molar-refractivity contribution is 0.0991. The number of hydrogen-bond acceptors (Lipinski definition) is 1. The standard InChI is InChI=1S/C21H17F2NO/c1-14-18(12-16(22)13-19(14)23)21(25)24(2)20-11-7-6-10-17(20)15-8-4-3-5-9-15/h3-13H,1-2H3. The summed E-state index contributed by atoms with van der Waals surface area (Å²) in [6.45, 7) is 1.47. The van der Waals surface area contributed by atoms with Crippen LogP contribution in [-0.4, -0.2) is 13.0 Å². The van der Waals surface area contributed by atoms with Crippen LogP contribution in [0.15, 0.2) is 66.7 Å². The zero-order valence-corrected chi connectivity index (χ0v) is 14.0. The molecule has 0 unspecified atom stereocenters. The molecule has 3 aromatic rings. The van der Waals surface area contributed by atoms with E-state index in [1.807, 2.05) is 54.6 Å². The Morgan fingerprint density at radius 3 is 2.28 bits per heavy atom. The van der Waals surface area contributed by atoms with Crippen molar-refractivity contribution in [1.82, 2.24) is 0 Å². The summed E-state index contributed by atoms with van der Waals surface area (Å²) < 4.78 is 27.4. The summed E-state index contributed by atoms with van der Waals surface area (Å²) in [6, 6.07) is 18.9. The second kappa shape index (κ2) is 6.85. The Hall–Kier alpha value is -3.01. The summed E-state index contributed by atoms with van der Waals surface area (Å²) in [7, 11) is 1.60. The quantitative estimate of drug-likeness (QED) is 0.642. The lowest BCUT2D eigenvalue weighted by Gasteiger charge is -2.22. The van der Waals surface area contributed by atoms with E-state index >= 15 is 0 Å². The van der Waals surface area contributed by atoms with Crippen molar-refractivity contribution in [3.63, 3.8) is 0 Å². The molecule has 0 spiro atoms. The molecule has 0 aromatic heterocycles. The highest BCUT2D eigenvalue weighted by Crippen LogP contribution is 2.31. The molecule has 0 atom stereocenters. The Morgan fingerprint density at radius 2 is 1.56 bits per heavy atom. The van der Waals surface area contributed by atoms with Gasteiger partial charge >= 0.3 is 0 Å². The number of amides is 1. The maximum atomic E-state index is 13.8. The maximum Gasteiger partial charge on any atom is 0.258 e. The van der Waals surface area contributed by atoms with Gasteiger partial charge < -0.3 is 4.90 Å². The summed E-state index contributed by atoms with van der Waals surface area (Å²) in [6.07, 6.45) is 0. The Morgan fingerprint density at radius 1 is 0.920 bits per heavy atom. The average molecular weight is 337 g/mol. The Balaban J connectivity index is 2.05. The number of rotatable bonds is 3. The van der Waals surface area contributed by atoms with E-state index in [1.54, 1.807) is 7.05 Å². The molecule has 0 bridgehead atoms. The lowest BCUT2D eigenvalue weighted by atomic mass is 10.0. The van der Waals surface area contributed by atoms with E-state index < -0.39 is 17.5 Å². The van der Waals surface area contributed by atoms with Crippen LogP contribution in [0, 0.1) is 18.6 Å². The maximum absolute atomic E-state index is 13.8. The van der Waals surface area contributed by atoms with Gasteiger partial charge in [-0.15, -0.1) is 0 Å². The molecule has 25 heavy (non-hydrogen) atoms. The highest BCUT2D eigenvalue weighted by Gasteiger charge is 2.21. The predicted molar refractivity (Wildman–Crippen MR) is 95.7 cm³/mol. The monoisotopic (exact) mass is 337 g/mol. The van der Waals surface area contributed by atoms with Crippen molar-refractivity contribution >= 4 is 11.6 Å². The number of halogens is 2. The number of nitrogens with zero attached hydrogens (tertiary/aromatic N) is 1. The highest BCUT2D eigenvalue weighted by atomic mass is 19.1. The molecule has 4 heteroatoms. The van der Waals surface area contributed by atoms with Crippen LogP contribution >= 0.6 is 0 Å². The van der Waals surface area contributed by atoms with Gasteiger partial charge in [-0.2, -0.15) is 0 Å². The first-order valence-corrected chi connectivity index (χ1v) is 7.87. The van der Waals surface area contributed by atoms with Crippen molar-refractivity contribution in [3.05, 3.63) is 89.5 Å². The molecule has 0 N–H and O–H groups in total. The summed E-state index contributed by atoms with van der Waals surface area (Å²) in [5.41, 5.74) is 2.65. The minimum Gasteiger partial charge on any atom is -0.311 e. The average Bonchev–Trinajstić information content (AvgIpc) is 2.64. The van der Waals surface area contributed by atoms with Gasteiger partial charge in [0.2, 0.25) is 0 Å². The Kier molecular flexibility index (Phi) is 4.61. The molecule has 0 heterocycles. The van der Waals surface area contributed by atoms with Crippen LogP contribution < -0.4 is 4.90 Å². The normalized spacial score (nSPS) is 10.6. The molecule has 0 aliphatic rings. The van der Waals surface area contributed by atoms with Crippen LogP contribution in [0.4, 0.5) is 14.5 Å². The van der Waals surface area contributed by atoms with Gasteiger partial charge in [0.1, 0.15) is 11.6 Å². The fourth-order valence-electron chi connectivity index (χ4n) is 2.79. The number of hydrogen-bond donors (Lipinski definition) is 0. The number of carbonyl (C=O) groups excluding carboxylic acids is 1. The molecule has 0 aliphatic carbocycles. The van der Waals surface area contributed by atoms with Gasteiger partial charge in [0.25, 0.3) is 5.91 Å². The molecular weight excluding hydrogens is 320 g/mol. The van der Waals surface area contributed by atoms with E-state index in [2.05, 4.69) is 0 Å². The minimum absolute atomic E-state index is 0.0165. The number of anilines is 1. The van der Waals surface area contributed by atoms with Crippen LogP contribution in [0.25, 0.3) is 11.1 Å². The molecule has 0 fully saturated rings. The molecule has 0 saturated carbocycles. The third kappa shape index (κ3) is 3.29. The van der Waals surface area contributed by atoms with Crippen LogP contribution in [0.2, 0.25) is 0 Å². The van der Waals surface area contributed by atoms with E-state index in [0.29, 0.717) is 5.69 Å². The van der Waals surface area contributed by atoms with E-state index in [-0.39, 0.29) is 11.1 Å². The van der Waals surface area contributed by atoms with Crippen molar-refractivity contribution < 1.29 is 13.6 Å². The van der Waals surface area contributed by atoms with Gasteiger partial charge in [-0.25, -0.2) is 8.78 Å². The van der Waals surface area contributed by atoms with Crippen LogP contribution in [0.1, 0.15) is 15.9 Å². The Labute approximate surface area is 145 Å². The van der Waals surface area contributed by atoms with Gasteiger partial charge in [0.05, 0.1) is 5.69 Å². The summed E-state index contributed by atoms with van der Waals surface area (Å²) in [5.74, 6) is -1.96. The van der Waals surface area contributed by atoms with E-state index in [4.69, 9.17) is 0 Å². The van der Waals surface area contributed by atoms with E-state index in [1.165, 1.54) is 11.8 Å². The zero-order chi connectivity index (χ0) is 18.0. The van der Waals surface area contributed by atoms with Crippen LogP contribution in [0.5, 0.6) is 0 Å². The largest absolute Gasteiger partial charge is 0.311 e. The molecule has 126 valence electrons. The first-order valence-electron chi connectivity index (χ1n) is 7.87. The number of para-hydroxylation sites is 1. The van der Waals surface area contributed by atoms with Gasteiger partial charge in [0, 0.05) is 24.2 Å². The van der Waals surface area contributed by atoms with Gasteiger partial charge in [-0.3, -0.25) is 4.79 Å². The second-order valence-corrected chi connectivity index (χ2v) is 5.81. The van der Waals surface area contributed by atoms with Crippen molar-refractivity contribution in [2.45, 2.75) is 6.92 Å². The summed E-state index contributed by atoms with van der Waals surface area (Å²) in [5, 5.41) is 0. The fourth-order valence-corrected chi connectivity index (χ4v) is 2.79. The minimum atomic E-state index is -0.767. The van der Waals surface area contributed by atoms with Crippen LogP contribution in [-0.2, 0) is 0 Å². The predicted octanol–water partition coefficient (Wildman–Crippen LogP) is 5.22. The van der Waals surface area contributed by atoms with Crippen LogP contribution in [0.3, 0.4) is 0 Å². The van der Waals surface area contributed by atoms with Crippen molar-refractivity contribution in [3.8, 4) is 11.1 Å².